The second-order valence-electron chi connectivity index (χ2n) is 11.3. The maximum atomic E-state index is 3.90. The van der Waals surface area contributed by atoms with Crippen LogP contribution >= 0.6 is 0 Å². The van der Waals surface area contributed by atoms with Crippen LogP contribution in [0, 0.1) is 0 Å². The summed E-state index contributed by atoms with van der Waals surface area (Å²) in [6.07, 6.45) is 0. The highest BCUT2D eigenvalue weighted by molar-refractivity contribution is 6.49. The van der Waals surface area contributed by atoms with Gasteiger partial charge in [0.1, 0.15) is 0 Å². The van der Waals surface area contributed by atoms with Gasteiger partial charge in [-0.15, -0.1) is 0 Å². The van der Waals surface area contributed by atoms with Crippen molar-refractivity contribution < 1.29 is 0 Å². The highest BCUT2D eigenvalue weighted by atomic mass is 14.7. The fraction of sp³-hybridized carbons (Fsp3) is 0. The Hall–Kier alpha value is -5.40. The minimum Gasteiger partial charge on any atom is -0.354 e. The number of fused-ring (bicyclic) bond motifs is 3. The van der Waals surface area contributed by atoms with Crippen LogP contribution in [0.4, 0.5) is 0 Å². The van der Waals surface area contributed by atoms with E-state index in [1.165, 1.54) is 92.6 Å². The highest BCUT2D eigenvalue weighted by Gasteiger charge is 2.26. The van der Waals surface area contributed by atoms with Crippen LogP contribution in [0.2, 0.25) is 0 Å². The van der Waals surface area contributed by atoms with E-state index in [1.807, 2.05) is 0 Å². The van der Waals surface area contributed by atoms with E-state index >= 15 is 0 Å². The SMILES string of the molecule is c1ccc(-c2cc3c4cc(-c5ccccc5)c5ccc6ccc7c(-c8ccccc8)cc(c3[nH]2)c2c7c6c5c42)cc1. The molecule has 10 aromatic rings. The molecule has 1 aromatic heterocycles. The molecule has 0 fully saturated rings. The van der Waals surface area contributed by atoms with Gasteiger partial charge in [0.15, 0.2) is 0 Å². The van der Waals surface area contributed by atoms with Crippen molar-refractivity contribution in [3.05, 3.63) is 133 Å². The van der Waals surface area contributed by atoms with Crippen LogP contribution in [0.15, 0.2) is 133 Å². The first-order valence-electron chi connectivity index (χ1n) is 14.3. The number of hydrogen-bond acceptors (Lipinski definition) is 0. The quantitative estimate of drug-likeness (QED) is 0.224. The van der Waals surface area contributed by atoms with Gasteiger partial charge >= 0.3 is 0 Å². The summed E-state index contributed by atoms with van der Waals surface area (Å²) in [5.74, 6) is 0. The van der Waals surface area contributed by atoms with Crippen LogP contribution in [0.5, 0.6) is 0 Å². The molecule has 0 aliphatic carbocycles. The monoisotopic (exact) mass is 517 g/mol. The Morgan fingerprint density at radius 1 is 0.341 bits per heavy atom. The van der Waals surface area contributed by atoms with Crippen molar-refractivity contribution in [2.75, 3.05) is 0 Å². The van der Waals surface area contributed by atoms with Crippen LogP contribution in [-0.2, 0) is 0 Å². The molecule has 0 amide bonds. The molecule has 0 spiro atoms. The zero-order valence-electron chi connectivity index (χ0n) is 22.2. The second kappa shape index (κ2) is 7.62. The maximum absolute atomic E-state index is 3.90. The number of rotatable bonds is 3. The number of hydrogen-bond donors (Lipinski definition) is 1. The Balaban J connectivity index is 1.50. The van der Waals surface area contributed by atoms with E-state index in [4.69, 9.17) is 0 Å². The lowest BCUT2D eigenvalue weighted by Gasteiger charge is -2.13. The van der Waals surface area contributed by atoms with Gasteiger partial charge < -0.3 is 4.98 Å². The Morgan fingerprint density at radius 2 is 0.829 bits per heavy atom. The molecule has 41 heavy (non-hydrogen) atoms. The molecule has 9 aromatic carbocycles. The second-order valence-corrected chi connectivity index (χ2v) is 11.3. The van der Waals surface area contributed by atoms with Gasteiger partial charge in [-0.1, -0.05) is 115 Å². The van der Waals surface area contributed by atoms with Crippen LogP contribution in [0.3, 0.4) is 0 Å². The lowest BCUT2D eigenvalue weighted by molar-refractivity contribution is 1.46. The molecule has 0 bridgehead atoms. The summed E-state index contributed by atoms with van der Waals surface area (Å²) >= 11 is 0. The van der Waals surface area contributed by atoms with Crippen molar-refractivity contribution in [1.82, 2.24) is 4.98 Å². The Morgan fingerprint density at radius 3 is 1.41 bits per heavy atom. The fourth-order valence-corrected chi connectivity index (χ4v) is 7.54. The lowest BCUT2D eigenvalue weighted by Crippen LogP contribution is -1.86. The predicted octanol–water partition coefficient (Wildman–Crippen LogP) is 11.2. The molecule has 188 valence electrons. The minimum atomic E-state index is 1.16. The summed E-state index contributed by atoms with van der Waals surface area (Å²) in [5.41, 5.74) is 8.68. The summed E-state index contributed by atoms with van der Waals surface area (Å²) in [4.78, 5) is 3.90. The summed E-state index contributed by atoms with van der Waals surface area (Å²) in [6.45, 7) is 0. The first-order chi connectivity index (χ1) is 20.3. The number of nitrogens with one attached hydrogen (secondary N) is 1. The van der Waals surface area contributed by atoms with E-state index in [0.717, 1.165) is 5.69 Å². The number of aromatic nitrogens is 1. The van der Waals surface area contributed by atoms with Gasteiger partial charge in [0.2, 0.25) is 0 Å². The molecular formula is C40H23N. The highest BCUT2D eigenvalue weighted by Crippen LogP contribution is 2.54. The van der Waals surface area contributed by atoms with Gasteiger partial charge in [-0.25, -0.2) is 0 Å². The smallest absolute Gasteiger partial charge is 0.0545 e. The van der Waals surface area contributed by atoms with Gasteiger partial charge in [-0.05, 0) is 89.1 Å². The van der Waals surface area contributed by atoms with Crippen LogP contribution in [0.25, 0.3) is 98.3 Å². The first kappa shape index (κ1) is 21.4. The Labute approximate surface area is 236 Å². The Kier molecular flexibility index (Phi) is 3.98. The molecule has 0 unspecified atom stereocenters. The van der Waals surface area contributed by atoms with Crippen molar-refractivity contribution in [1.29, 1.82) is 0 Å². The van der Waals surface area contributed by atoms with E-state index in [1.54, 1.807) is 0 Å². The minimum absolute atomic E-state index is 1.16. The van der Waals surface area contributed by atoms with Crippen molar-refractivity contribution in [2.45, 2.75) is 0 Å². The van der Waals surface area contributed by atoms with Gasteiger partial charge in [-0.2, -0.15) is 0 Å². The molecular weight excluding hydrogens is 494 g/mol. The largest absolute Gasteiger partial charge is 0.354 e. The van der Waals surface area contributed by atoms with E-state index < -0.39 is 0 Å². The van der Waals surface area contributed by atoms with Gasteiger partial charge in [-0.3, -0.25) is 0 Å². The van der Waals surface area contributed by atoms with Gasteiger partial charge in [0.05, 0.1) is 5.52 Å². The normalized spacial score (nSPS) is 12.4. The van der Waals surface area contributed by atoms with Crippen LogP contribution in [-0.4, -0.2) is 4.98 Å². The average Bonchev–Trinajstić information content (AvgIpc) is 3.65. The zero-order valence-corrected chi connectivity index (χ0v) is 22.2. The van der Waals surface area contributed by atoms with Crippen molar-refractivity contribution in [3.8, 4) is 33.5 Å². The van der Waals surface area contributed by atoms with Crippen molar-refractivity contribution >= 4 is 64.8 Å². The van der Waals surface area contributed by atoms with Gasteiger partial charge in [0, 0.05) is 21.9 Å². The topological polar surface area (TPSA) is 15.8 Å². The molecule has 1 heteroatoms. The molecule has 1 N–H and O–H groups in total. The molecule has 0 atom stereocenters. The average molecular weight is 518 g/mol. The third-order valence-electron chi connectivity index (χ3n) is 9.26. The molecule has 0 saturated carbocycles. The molecule has 1 nitrogen and oxygen atoms in total. The maximum Gasteiger partial charge on any atom is 0.0545 e. The summed E-state index contributed by atoms with van der Waals surface area (Å²) in [6, 6.07) is 49.0. The molecule has 0 aliphatic rings. The third kappa shape index (κ3) is 2.70. The number of aromatic amines is 1. The predicted molar refractivity (Wildman–Crippen MR) is 176 cm³/mol. The van der Waals surface area contributed by atoms with Crippen molar-refractivity contribution in [2.24, 2.45) is 0 Å². The van der Waals surface area contributed by atoms with E-state index in [-0.39, 0.29) is 0 Å². The van der Waals surface area contributed by atoms with Gasteiger partial charge in [0.25, 0.3) is 0 Å². The standard InChI is InChI=1S/C40H23N/c1-4-10-23(11-5-1)29-20-31-32-22-34(25-14-8-3-9-15-25)41-40(32)33-21-30(24-12-6-2-7-13-24)28-19-17-26-16-18-27(29)36-35(26)37(28)39(33)38(31)36/h1-22,41H. The van der Waals surface area contributed by atoms with Crippen LogP contribution in [0.1, 0.15) is 0 Å². The molecule has 1 heterocycles. The Bertz CT molecular complexity index is 2380. The van der Waals surface area contributed by atoms with Crippen molar-refractivity contribution in [3.63, 3.8) is 0 Å². The van der Waals surface area contributed by atoms with Crippen LogP contribution < -0.4 is 0 Å². The summed E-state index contributed by atoms with van der Waals surface area (Å²) in [7, 11) is 0. The molecule has 0 radical (unpaired) electrons. The molecule has 0 saturated heterocycles. The number of H-pyrrole nitrogens is 1. The van der Waals surface area contributed by atoms with E-state index in [2.05, 4.69) is 138 Å². The zero-order chi connectivity index (χ0) is 26.7. The third-order valence-corrected chi connectivity index (χ3v) is 9.26. The summed E-state index contributed by atoms with van der Waals surface area (Å²) in [5, 5.41) is 14.9. The first-order valence-corrected chi connectivity index (χ1v) is 14.3. The number of benzene rings is 8. The fourth-order valence-electron chi connectivity index (χ4n) is 7.54. The van der Waals surface area contributed by atoms with E-state index in [9.17, 15) is 0 Å². The summed E-state index contributed by atoms with van der Waals surface area (Å²) < 4.78 is 0. The molecule has 10 rings (SSSR count). The lowest BCUT2D eigenvalue weighted by atomic mass is 9.90. The van der Waals surface area contributed by atoms with E-state index in [0.29, 0.717) is 0 Å². The molecule has 0 aliphatic heterocycles.